The second-order valence-corrected chi connectivity index (χ2v) is 6.87. The minimum Gasteiger partial charge on any atom is -0.399 e. The Morgan fingerprint density at radius 1 is 1.45 bits per heavy atom. The van der Waals surface area contributed by atoms with Crippen LogP contribution in [-0.2, 0) is 0 Å². The molecule has 0 atom stereocenters. The summed E-state index contributed by atoms with van der Waals surface area (Å²) in [5, 5.41) is 3.44. The van der Waals surface area contributed by atoms with Crippen LogP contribution in [0.15, 0.2) is 18.2 Å². The topological polar surface area (TPSA) is 58.4 Å². The number of nitrogens with two attached hydrogens (primary N) is 1. The Hall–Kier alpha value is -1.36. The number of nitrogen functional groups attached to an aromatic ring is 1. The van der Waals surface area contributed by atoms with E-state index in [1.165, 1.54) is 19.3 Å². The van der Waals surface area contributed by atoms with E-state index in [-0.39, 0.29) is 5.91 Å². The van der Waals surface area contributed by atoms with Gasteiger partial charge in [0.15, 0.2) is 0 Å². The fourth-order valence-electron chi connectivity index (χ4n) is 2.42. The van der Waals surface area contributed by atoms with Crippen molar-refractivity contribution >= 4 is 29.0 Å². The summed E-state index contributed by atoms with van der Waals surface area (Å²) < 4.78 is 0.322. The maximum atomic E-state index is 12.2. The maximum Gasteiger partial charge on any atom is 0.255 e. The van der Waals surface area contributed by atoms with Gasteiger partial charge in [0.05, 0.1) is 5.56 Å². The molecular weight excluding hydrogens is 270 g/mol. The van der Waals surface area contributed by atoms with Crippen LogP contribution in [0.1, 0.15) is 29.6 Å². The average Bonchev–Trinajstić information content (AvgIpc) is 2.37. The van der Waals surface area contributed by atoms with Crippen molar-refractivity contribution in [1.82, 2.24) is 4.90 Å². The van der Waals surface area contributed by atoms with E-state index in [0.717, 1.165) is 12.2 Å². The predicted molar refractivity (Wildman–Crippen MR) is 87.5 cm³/mol. The third kappa shape index (κ3) is 3.03. The van der Waals surface area contributed by atoms with Crippen LogP contribution < -0.4 is 11.1 Å². The number of carbonyl (C=O) groups is 1. The Morgan fingerprint density at radius 2 is 2.15 bits per heavy atom. The van der Waals surface area contributed by atoms with Crippen molar-refractivity contribution in [3.8, 4) is 0 Å². The highest BCUT2D eigenvalue weighted by Gasteiger charge is 2.36. The zero-order chi connectivity index (χ0) is 14.8. The van der Waals surface area contributed by atoms with Crippen LogP contribution in [0.4, 0.5) is 11.4 Å². The number of anilines is 2. The van der Waals surface area contributed by atoms with E-state index < -0.39 is 0 Å². The molecule has 2 rings (SSSR count). The van der Waals surface area contributed by atoms with Gasteiger partial charge in [-0.05, 0) is 37.3 Å². The molecule has 0 aromatic heterocycles. The summed E-state index contributed by atoms with van der Waals surface area (Å²) in [6, 6.07) is 5.42. The first kappa shape index (κ1) is 15.0. The van der Waals surface area contributed by atoms with Crippen molar-refractivity contribution in [2.24, 2.45) is 0 Å². The highest BCUT2D eigenvalue weighted by molar-refractivity contribution is 8.00. The fraction of sp³-hybridized carbons (Fsp3) is 0.533. The lowest BCUT2D eigenvalue weighted by atomic mass is 9.84. The number of amides is 1. The molecule has 0 unspecified atom stereocenters. The fourth-order valence-corrected chi connectivity index (χ4v) is 3.33. The standard InChI is InChI=1S/C15H23N3OS/c1-18(2)14(19)12-6-5-11(16)9-13(12)17-10-15(20-3)7-4-8-15/h5-6,9,17H,4,7-8,10,16H2,1-3H3. The van der Waals surface area contributed by atoms with E-state index in [0.29, 0.717) is 16.0 Å². The van der Waals surface area contributed by atoms with Gasteiger partial charge in [-0.3, -0.25) is 4.79 Å². The molecule has 5 heteroatoms. The third-order valence-electron chi connectivity index (χ3n) is 3.98. The molecule has 0 aliphatic heterocycles. The van der Waals surface area contributed by atoms with E-state index in [4.69, 9.17) is 5.73 Å². The van der Waals surface area contributed by atoms with E-state index >= 15 is 0 Å². The zero-order valence-corrected chi connectivity index (χ0v) is 13.2. The van der Waals surface area contributed by atoms with Crippen molar-refractivity contribution in [2.75, 3.05) is 37.9 Å². The number of rotatable bonds is 5. The monoisotopic (exact) mass is 293 g/mol. The third-order valence-corrected chi connectivity index (χ3v) is 5.40. The lowest BCUT2D eigenvalue weighted by Gasteiger charge is -2.40. The molecule has 0 radical (unpaired) electrons. The SMILES string of the molecule is CSC1(CNc2cc(N)ccc2C(=O)N(C)C)CCC1. The first-order chi connectivity index (χ1) is 9.47. The number of nitrogens with zero attached hydrogens (tertiary/aromatic N) is 1. The van der Waals surface area contributed by atoms with Crippen molar-refractivity contribution < 1.29 is 4.79 Å². The summed E-state index contributed by atoms with van der Waals surface area (Å²) in [7, 11) is 3.52. The lowest BCUT2D eigenvalue weighted by Crippen LogP contribution is -2.40. The normalized spacial score (nSPS) is 16.4. The van der Waals surface area contributed by atoms with Crippen LogP contribution in [0, 0.1) is 0 Å². The highest BCUT2D eigenvalue weighted by atomic mass is 32.2. The highest BCUT2D eigenvalue weighted by Crippen LogP contribution is 2.43. The number of hydrogen-bond acceptors (Lipinski definition) is 4. The van der Waals surface area contributed by atoms with Gasteiger partial charge in [-0.2, -0.15) is 11.8 Å². The van der Waals surface area contributed by atoms with Crippen molar-refractivity contribution in [2.45, 2.75) is 24.0 Å². The van der Waals surface area contributed by atoms with Crippen LogP contribution in [-0.4, -0.2) is 42.4 Å². The summed E-state index contributed by atoms with van der Waals surface area (Å²) in [6.45, 7) is 0.880. The van der Waals surface area contributed by atoms with E-state index in [1.807, 2.05) is 17.8 Å². The molecule has 1 aromatic carbocycles. The Morgan fingerprint density at radius 3 is 2.65 bits per heavy atom. The van der Waals surface area contributed by atoms with Crippen LogP contribution in [0.3, 0.4) is 0 Å². The lowest BCUT2D eigenvalue weighted by molar-refractivity contribution is 0.0828. The van der Waals surface area contributed by atoms with Crippen LogP contribution in [0.5, 0.6) is 0 Å². The second kappa shape index (κ2) is 5.95. The van der Waals surface area contributed by atoms with Gasteiger partial charge in [0.1, 0.15) is 0 Å². The van der Waals surface area contributed by atoms with Crippen LogP contribution in [0.2, 0.25) is 0 Å². The first-order valence-electron chi connectivity index (χ1n) is 6.88. The average molecular weight is 293 g/mol. The maximum absolute atomic E-state index is 12.2. The minimum atomic E-state index is -0.000638. The Bertz CT molecular complexity index is 492. The molecule has 1 fully saturated rings. The van der Waals surface area contributed by atoms with E-state index in [9.17, 15) is 4.79 Å². The largest absolute Gasteiger partial charge is 0.399 e. The van der Waals surface area contributed by atoms with Gasteiger partial charge >= 0.3 is 0 Å². The Balaban J connectivity index is 2.17. The van der Waals surface area contributed by atoms with Gasteiger partial charge < -0.3 is 16.0 Å². The molecular formula is C15H23N3OS. The molecule has 3 N–H and O–H groups in total. The molecule has 110 valence electrons. The number of nitrogens with one attached hydrogen (secondary N) is 1. The molecule has 1 aromatic rings. The van der Waals surface area contributed by atoms with Crippen molar-refractivity contribution in [3.63, 3.8) is 0 Å². The Labute approximate surface area is 125 Å². The molecule has 4 nitrogen and oxygen atoms in total. The summed E-state index contributed by atoms with van der Waals surface area (Å²) in [4.78, 5) is 13.8. The summed E-state index contributed by atoms with van der Waals surface area (Å²) in [5.74, 6) is -0.000638. The Kier molecular flexibility index (Phi) is 4.48. The number of benzene rings is 1. The van der Waals surface area contributed by atoms with Gasteiger partial charge in [-0.1, -0.05) is 6.42 Å². The quantitative estimate of drug-likeness (QED) is 0.820. The summed E-state index contributed by atoms with van der Waals surface area (Å²) >= 11 is 1.91. The smallest absolute Gasteiger partial charge is 0.255 e. The van der Waals surface area contributed by atoms with Crippen molar-refractivity contribution in [1.29, 1.82) is 0 Å². The molecule has 1 aliphatic rings. The molecule has 20 heavy (non-hydrogen) atoms. The van der Waals surface area contributed by atoms with E-state index in [1.54, 1.807) is 31.1 Å². The molecule has 0 bridgehead atoms. The number of hydrogen-bond donors (Lipinski definition) is 2. The van der Waals surface area contributed by atoms with Gasteiger partial charge in [-0.25, -0.2) is 0 Å². The van der Waals surface area contributed by atoms with Gasteiger partial charge in [-0.15, -0.1) is 0 Å². The molecule has 1 saturated carbocycles. The van der Waals surface area contributed by atoms with Gasteiger partial charge in [0.25, 0.3) is 5.91 Å². The number of thioether (sulfide) groups is 1. The van der Waals surface area contributed by atoms with Crippen molar-refractivity contribution in [3.05, 3.63) is 23.8 Å². The van der Waals surface area contributed by atoms with Gasteiger partial charge in [0.2, 0.25) is 0 Å². The van der Waals surface area contributed by atoms with Gasteiger partial charge in [0, 0.05) is 36.8 Å². The summed E-state index contributed by atoms with van der Waals surface area (Å²) in [5.41, 5.74) is 8.04. The number of carbonyl (C=O) groups excluding carboxylic acids is 1. The predicted octanol–water partition coefficient (Wildman–Crippen LogP) is 2.67. The first-order valence-corrected chi connectivity index (χ1v) is 8.10. The van der Waals surface area contributed by atoms with E-state index in [2.05, 4.69) is 11.6 Å². The molecule has 0 saturated heterocycles. The second-order valence-electron chi connectivity index (χ2n) is 5.60. The van der Waals surface area contributed by atoms with Crippen LogP contribution in [0.25, 0.3) is 0 Å². The van der Waals surface area contributed by atoms with Crippen LogP contribution >= 0.6 is 11.8 Å². The minimum absolute atomic E-state index is 0.000638. The molecule has 0 heterocycles. The molecule has 0 spiro atoms. The molecule has 1 aliphatic carbocycles. The zero-order valence-electron chi connectivity index (χ0n) is 12.4. The molecule has 1 amide bonds. The summed E-state index contributed by atoms with van der Waals surface area (Å²) in [6.07, 6.45) is 5.93.